The van der Waals surface area contributed by atoms with Crippen LogP contribution in [0.25, 0.3) is 0 Å². The summed E-state index contributed by atoms with van der Waals surface area (Å²) in [6.45, 7) is 13.9. The molecule has 0 unspecified atom stereocenters. The van der Waals surface area contributed by atoms with Crippen molar-refractivity contribution >= 4 is 11.6 Å². The molecule has 0 radical (unpaired) electrons. The Morgan fingerprint density at radius 3 is 2.12 bits per heavy atom. The van der Waals surface area contributed by atoms with Crippen LogP contribution in [0.1, 0.15) is 53.8 Å². The van der Waals surface area contributed by atoms with Crippen molar-refractivity contribution in [2.45, 2.75) is 59.9 Å². The van der Waals surface area contributed by atoms with Gasteiger partial charge in [-0.05, 0) is 23.4 Å². The van der Waals surface area contributed by atoms with Crippen molar-refractivity contribution in [3.05, 3.63) is 11.1 Å². The van der Waals surface area contributed by atoms with E-state index in [1.807, 2.05) is 4.57 Å². The first kappa shape index (κ1) is 13.5. The van der Waals surface area contributed by atoms with Crippen LogP contribution in [0, 0.1) is 5.41 Å². The minimum Gasteiger partial charge on any atom is -0.301 e. The average molecular weight is 244 g/mol. The van der Waals surface area contributed by atoms with Crippen molar-refractivity contribution in [3.63, 3.8) is 0 Å². The van der Waals surface area contributed by atoms with Gasteiger partial charge in [0.05, 0.1) is 0 Å². The Labute approximate surface area is 103 Å². The minimum absolute atomic E-state index is 0.0238. The molecule has 3 nitrogen and oxygen atoms in total. The van der Waals surface area contributed by atoms with Crippen LogP contribution in [-0.4, -0.2) is 14.8 Å². The summed E-state index contributed by atoms with van der Waals surface area (Å²) in [5.41, 5.74) is 0.190. The first-order chi connectivity index (χ1) is 7.17. The van der Waals surface area contributed by atoms with Crippen molar-refractivity contribution in [1.29, 1.82) is 0 Å². The maximum atomic E-state index is 6.10. The third kappa shape index (κ3) is 2.97. The van der Waals surface area contributed by atoms with E-state index in [1.54, 1.807) is 0 Å². The standard InChI is InChI=1S/C12H22ClN3/c1-7-12(5,6)8-16-9(11(2,3)4)14-15-10(16)13/h7-8H2,1-6H3. The van der Waals surface area contributed by atoms with E-state index in [0.717, 1.165) is 18.8 Å². The number of nitrogens with zero attached hydrogens (tertiary/aromatic N) is 3. The van der Waals surface area contributed by atoms with Gasteiger partial charge in [-0.2, -0.15) is 0 Å². The molecule has 0 aliphatic carbocycles. The van der Waals surface area contributed by atoms with Crippen LogP contribution in [0.15, 0.2) is 0 Å². The van der Waals surface area contributed by atoms with Crippen LogP contribution in [0.2, 0.25) is 5.28 Å². The smallest absolute Gasteiger partial charge is 0.225 e. The number of rotatable bonds is 3. The summed E-state index contributed by atoms with van der Waals surface area (Å²) < 4.78 is 2.03. The highest BCUT2D eigenvalue weighted by molar-refractivity contribution is 6.28. The monoisotopic (exact) mass is 243 g/mol. The summed E-state index contributed by atoms with van der Waals surface area (Å²) in [5, 5.41) is 8.66. The Morgan fingerprint density at radius 2 is 1.69 bits per heavy atom. The van der Waals surface area contributed by atoms with Crippen molar-refractivity contribution < 1.29 is 0 Å². The molecule has 0 bridgehead atoms. The van der Waals surface area contributed by atoms with Gasteiger partial charge in [-0.1, -0.05) is 41.5 Å². The quantitative estimate of drug-likeness (QED) is 0.811. The van der Waals surface area contributed by atoms with Crippen LogP contribution < -0.4 is 0 Å². The third-order valence-corrected chi connectivity index (χ3v) is 3.20. The summed E-state index contributed by atoms with van der Waals surface area (Å²) in [4.78, 5) is 0. The van der Waals surface area contributed by atoms with Gasteiger partial charge in [0.25, 0.3) is 0 Å². The molecule has 0 aromatic carbocycles. The highest BCUT2D eigenvalue weighted by Gasteiger charge is 2.26. The molecule has 16 heavy (non-hydrogen) atoms. The Kier molecular flexibility index (Phi) is 3.68. The van der Waals surface area contributed by atoms with E-state index in [-0.39, 0.29) is 10.8 Å². The van der Waals surface area contributed by atoms with Gasteiger partial charge in [0.2, 0.25) is 5.28 Å². The van der Waals surface area contributed by atoms with E-state index in [1.165, 1.54) is 0 Å². The first-order valence-corrected chi connectivity index (χ1v) is 6.14. The van der Waals surface area contributed by atoms with E-state index in [9.17, 15) is 0 Å². The molecule has 92 valence electrons. The molecule has 0 saturated carbocycles. The lowest BCUT2D eigenvalue weighted by Gasteiger charge is -2.27. The predicted octanol–water partition coefficient (Wildman–Crippen LogP) is 3.67. The zero-order chi connectivity index (χ0) is 12.6. The fourth-order valence-electron chi connectivity index (χ4n) is 1.52. The van der Waals surface area contributed by atoms with Crippen LogP contribution >= 0.6 is 11.6 Å². The van der Waals surface area contributed by atoms with Gasteiger partial charge in [-0.15, -0.1) is 10.2 Å². The zero-order valence-corrected chi connectivity index (χ0v) is 11.9. The SMILES string of the molecule is CCC(C)(C)Cn1c(Cl)nnc1C(C)(C)C. The van der Waals surface area contributed by atoms with Crippen molar-refractivity contribution in [2.75, 3.05) is 0 Å². The number of hydrogen-bond acceptors (Lipinski definition) is 2. The van der Waals surface area contributed by atoms with Gasteiger partial charge in [0.15, 0.2) is 0 Å². The van der Waals surface area contributed by atoms with Gasteiger partial charge in [0.1, 0.15) is 5.82 Å². The lowest BCUT2D eigenvalue weighted by Crippen LogP contribution is -2.25. The molecule has 0 saturated heterocycles. The average Bonchev–Trinajstić information content (AvgIpc) is 2.47. The lowest BCUT2D eigenvalue weighted by atomic mass is 9.89. The van der Waals surface area contributed by atoms with Gasteiger partial charge in [0, 0.05) is 12.0 Å². The second-order valence-electron chi connectivity index (χ2n) is 6.15. The fraction of sp³-hybridized carbons (Fsp3) is 0.833. The van der Waals surface area contributed by atoms with Crippen LogP contribution in [0.5, 0.6) is 0 Å². The van der Waals surface area contributed by atoms with Gasteiger partial charge < -0.3 is 4.57 Å². The predicted molar refractivity (Wildman–Crippen MR) is 67.8 cm³/mol. The number of halogens is 1. The maximum absolute atomic E-state index is 6.10. The summed E-state index contributed by atoms with van der Waals surface area (Å²) >= 11 is 6.10. The second kappa shape index (κ2) is 4.36. The lowest BCUT2D eigenvalue weighted by molar-refractivity contribution is 0.283. The summed E-state index contributed by atoms with van der Waals surface area (Å²) in [5.74, 6) is 0.957. The molecule has 1 rings (SSSR count). The Morgan fingerprint density at radius 1 is 1.12 bits per heavy atom. The molecular formula is C12H22ClN3. The zero-order valence-electron chi connectivity index (χ0n) is 11.1. The van der Waals surface area contributed by atoms with Crippen molar-refractivity contribution in [1.82, 2.24) is 14.8 Å². The summed E-state index contributed by atoms with van der Waals surface area (Å²) in [7, 11) is 0. The molecule has 1 aromatic rings. The van der Waals surface area contributed by atoms with Gasteiger partial charge in [-0.3, -0.25) is 0 Å². The third-order valence-electron chi connectivity index (χ3n) is 2.92. The topological polar surface area (TPSA) is 30.7 Å². The minimum atomic E-state index is -0.0238. The maximum Gasteiger partial charge on any atom is 0.225 e. The Hall–Kier alpha value is -0.570. The molecule has 1 heterocycles. The van der Waals surface area contributed by atoms with Crippen LogP contribution in [0.3, 0.4) is 0 Å². The molecule has 0 spiro atoms. The van der Waals surface area contributed by atoms with E-state index >= 15 is 0 Å². The van der Waals surface area contributed by atoms with Crippen LogP contribution in [-0.2, 0) is 12.0 Å². The highest BCUT2D eigenvalue weighted by atomic mass is 35.5. The molecule has 0 aliphatic rings. The van der Waals surface area contributed by atoms with E-state index < -0.39 is 0 Å². The molecule has 0 fully saturated rings. The highest BCUT2D eigenvalue weighted by Crippen LogP contribution is 2.29. The number of aromatic nitrogens is 3. The molecule has 0 atom stereocenters. The van der Waals surface area contributed by atoms with Crippen molar-refractivity contribution in [2.24, 2.45) is 5.41 Å². The molecule has 0 aliphatic heterocycles. The molecular weight excluding hydrogens is 222 g/mol. The summed E-state index contributed by atoms with van der Waals surface area (Å²) in [6, 6.07) is 0. The van der Waals surface area contributed by atoms with Gasteiger partial charge >= 0.3 is 0 Å². The van der Waals surface area contributed by atoms with E-state index in [0.29, 0.717) is 5.28 Å². The van der Waals surface area contributed by atoms with Gasteiger partial charge in [-0.25, -0.2) is 0 Å². The fourth-order valence-corrected chi connectivity index (χ4v) is 1.70. The Bertz CT molecular complexity index is 361. The molecule has 0 amide bonds. The van der Waals surface area contributed by atoms with Crippen molar-refractivity contribution in [3.8, 4) is 0 Å². The normalized spacial score (nSPS) is 13.2. The first-order valence-electron chi connectivity index (χ1n) is 5.76. The molecule has 1 aromatic heterocycles. The van der Waals surface area contributed by atoms with E-state index in [4.69, 9.17) is 11.6 Å². The number of hydrogen-bond donors (Lipinski definition) is 0. The molecule has 4 heteroatoms. The second-order valence-corrected chi connectivity index (χ2v) is 6.48. The van der Waals surface area contributed by atoms with E-state index in [2.05, 4.69) is 51.7 Å². The Balaban J connectivity index is 3.09. The largest absolute Gasteiger partial charge is 0.301 e. The van der Waals surface area contributed by atoms with Crippen LogP contribution in [0.4, 0.5) is 0 Å². The summed E-state index contributed by atoms with van der Waals surface area (Å²) in [6.07, 6.45) is 1.10. The molecule has 0 N–H and O–H groups in total.